The number of carbonyl (C=O) groups excluding carboxylic acids is 1. The van der Waals surface area contributed by atoms with Crippen molar-refractivity contribution < 1.29 is 4.79 Å². The van der Waals surface area contributed by atoms with Crippen LogP contribution in [0, 0.1) is 0 Å². The number of hydrogen-bond acceptors (Lipinski definition) is 4. The molecule has 3 rings (SSSR count). The van der Waals surface area contributed by atoms with Gasteiger partial charge in [0.2, 0.25) is 0 Å². The molecule has 0 aromatic carbocycles. The van der Waals surface area contributed by atoms with E-state index < -0.39 is 0 Å². The SMILES string of the molecule is CCN1CCc2c(sc(NC(C)(C)C)c2C(=O)N2CCCC2)C1. The van der Waals surface area contributed by atoms with Crippen molar-refractivity contribution >= 4 is 22.2 Å². The van der Waals surface area contributed by atoms with Crippen molar-refractivity contribution in [1.29, 1.82) is 0 Å². The van der Waals surface area contributed by atoms with Gasteiger partial charge in [-0.15, -0.1) is 11.3 Å². The number of rotatable bonds is 3. The summed E-state index contributed by atoms with van der Waals surface area (Å²) in [5.41, 5.74) is 2.25. The van der Waals surface area contributed by atoms with Gasteiger partial charge in [0.25, 0.3) is 5.91 Å². The normalized spacial score (nSPS) is 19.0. The van der Waals surface area contributed by atoms with Gasteiger partial charge in [-0.3, -0.25) is 9.69 Å². The van der Waals surface area contributed by atoms with E-state index in [4.69, 9.17) is 0 Å². The first-order valence-corrected chi connectivity index (χ1v) is 9.65. The molecule has 5 heteroatoms. The van der Waals surface area contributed by atoms with Crippen molar-refractivity contribution in [3.8, 4) is 0 Å². The van der Waals surface area contributed by atoms with Gasteiger partial charge in [0.15, 0.2) is 0 Å². The van der Waals surface area contributed by atoms with E-state index in [1.165, 1.54) is 10.4 Å². The minimum Gasteiger partial charge on any atom is -0.372 e. The summed E-state index contributed by atoms with van der Waals surface area (Å²) in [6.45, 7) is 13.7. The Morgan fingerprint density at radius 3 is 2.52 bits per heavy atom. The number of fused-ring (bicyclic) bond motifs is 1. The summed E-state index contributed by atoms with van der Waals surface area (Å²) in [4.78, 5) is 19.0. The molecule has 2 aliphatic heterocycles. The minimum absolute atomic E-state index is 0.0298. The fraction of sp³-hybridized carbons (Fsp3) is 0.722. The van der Waals surface area contributed by atoms with Gasteiger partial charge in [-0.1, -0.05) is 6.92 Å². The second-order valence-corrected chi connectivity index (χ2v) is 8.81. The molecule has 3 heterocycles. The molecule has 1 aromatic heterocycles. The topological polar surface area (TPSA) is 35.6 Å². The molecule has 0 bridgehead atoms. The third-order valence-corrected chi connectivity index (χ3v) is 5.81. The first kappa shape index (κ1) is 16.8. The number of nitrogens with zero attached hydrogens (tertiary/aromatic N) is 2. The van der Waals surface area contributed by atoms with Crippen LogP contribution in [0.25, 0.3) is 0 Å². The fourth-order valence-corrected chi connectivity index (χ4v) is 4.95. The summed E-state index contributed by atoms with van der Waals surface area (Å²) in [5, 5.41) is 4.68. The van der Waals surface area contributed by atoms with Gasteiger partial charge >= 0.3 is 0 Å². The van der Waals surface area contributed by atoms with Gasteiger partial charge < -0.3 is 10.2 Å². The zero-order chi connectivity index (χ0) is 16.6. The summed E-state index contributed by atoms with van der Waals surface area (Å²) in [5.74, 6) is 0.247. The highest BCUT2D eigenvalue weighted by atomic mass is 32.1. The highest BCUT2D eigenvalue weighted by molar-refractivity contribution is 7.16. The molecule has 4 nitrogen and oxygen atoms in total. The molecule has 23 heavy (non-hydrogen) atoms. The number of nitrogens with one attached hydrogen (secondary N) is 1. The lowest BCUT2D eigenvalue weighted by molar-refractivity contribution is 0.0792. The Morgan fingerprint density at radius 1 is 1.22 bits per heavy atom. The first-order valence-electron chi connectivity index (χ1n) is 8.83. The van der Waals surface area contributed by atoms with Crippen LogP contribution in [0.15, 0.2) is 0 Å². The van der Waals surface area contributed by atoms with E-state index in [0.717, 1.165) is 62.6 Å². The summed E-state index contributed by atoms with van der Waals surface area (Å²) in [6, 6.07) is 0. The maximum atomic E-state index is 13.1. The maximum absolute atomic E-state index is 13.1. The molecule has 0 aliphatic carbocycles. The van der Waals surface area contributed by atoms with Crippen molar-refractivity contribution in [3.05, 3.63) is 16.0 Å². The molecular weight excluding hydrogens is 306 g/mol. The Morgan fingerprint density at radius 2 is 1.91 bits per heavy atom. The van der Waals surface area contributed by atoms with E-state index in [1.807, 2.05) is 4.90 Å². The van der Waals surface area contributed by atoms with Gasteiger partial charge in [0.1, 0.15) is 5.00 Å². The number of carbonyl (C=O) groups is 1. The lowest BCUT2D eigenvalue weighted by Crippen LogP contribution is -2.33. The molecule has 1 aromatic rings. The summed E-state index contributed by atoms with van der Waals surface area (Å²) < 4.78 is 0. The van der Waals surface area contributed by atoms with Crippen LogP contribution in [0.5, 0.6) is 0 Å². The zero-order valence-electron chi connectivity index (χ0n) is 14.9. The maximum Gasteiger partial charge on any atom is 0.257 e. The lowest BCUT2D eigenvalue weighted by atomic mass is 10.0. The molecule has 0 atom stereocenters. The summed E-state index contributed by atoms with van der Waals surface area (Å²) in [6.07, 6.45) is 3.29. The number of hydrogen-bond donors (Lipinski definition) is 1. The number of amides is 1. The predicted molar refractivity (Wildman–Crippen MR) is 97.5 cm³/mol. The van der Waals surface area contributed by atoms with Crippen LogP contribution in [0.2, 0.25) is 0 Å². The third-order valence-electron chi connectivity index (χ3n) is 4.68. The molecule has 0 spiro atoms. The predicted octanol–water partition coefficient (Wildman–Crippen LogP) is 3.57. The highest BCUT2D eigenvalue weighted by Crippen LogP contribution is 2.39. The molecular formula is C18H29N3OS. The van der Waals surface area contributed by atoms with Crippen molar-refractivity contribution in [1.82, 2.24) is 9.80 Å². The smallest absolute Gasteiger partial charge is 0.257 e. The average molecular weight is 336 g/mol. The van der Waals surface area contributed by atoms with Crippen LogP contribution < -0.4 is 5.32 Å². The minimum atomic E-state index is -0.0298. The van der Waals surface area contributed by atoms with Gasteiger partial charge in [-0.2, -0.15) is 0 Å². The number of likely N-dealkylation sites (N-methyl/N-ethyl adjacent to an activating group) is 1. The quantitative estimate of drug-likeness (QED) is 0.917. The van der Waals surface area contributed by atoms with E-state index in [-0.39, 0.29) is 11.4 Å². The standard InChI is InChI=1S/C18H29N3OS/c1-5-20-11-8-13-14(12-20)23-16(19-18(2,3)4)15(13)17(22)21-9-6-7-10-21/h19H,5-12H2,1-4H3. The molecule has 0 saturated carbocycles. The Labute approximate surface area is 143 Å². The summed E-state index contributed by atoms with van der Waals surface area (Å²) in [7, 11) is 0. The number of likely N-dealkylation sites (tertiary alicyclic amines) is 1. The highest BCUT2D eigenvalue weighted by Gasteiger charge is 2.32. The van der Waals surface area contributed by atoms with Crippen molar-refractivity contribution in [2.24, 2.45) is 0 Å². The first-order chi connectivity index (χ1) is 10.9. The van der Waals surface area contributed by atoms with E-state index in [0.29, 0.717) is 0 Å². The monoisotopic (exact) mass is 335 g/mol. The van der Waals surface area contributed by atoms with Crippen LogP contribution in [0.1, 0.15) is 61.3 Å². The molecule has 2 aliphatic rings. The van der Waals surface area contributed by atoms with Crippen molar-refractivity contribution in [2.75, 3.05) is 31.5 Å². The summed E-state index contributed by atoms with van der Waals surface area (Å²) >= 11 is 1.79. The molecule has 1 saturated heterocycles. The lowest BCUT2D eigenvalue weighted by Gasteiger charge is -2.26. The molecule has 0 radical (unpaired) electrons. The van der Waals surface area contributed by atoms with Gasteiger partial charge in [-0.05, 0) is 52.1 Å². The molecule has 128 valence electrons. The van der Waals surface area contributed by atoms with Crippen LogP contribution in [-0.4, -0.2) is 47.4 Å². The molecule has 1 fully saturated rings. The van der Waals surface area contributed by atoms with Gasteiger partial charge in [0.05, 0.1) is 5.56 Å². The van der Waals surface area contributed by atoms with Crippen LogP contribution in [-0.2, 0) is 13.0 Å². The second-order valence-electron chi connectivity index (χ2n) is 7.70. The zero-order valence-corrected chi connectivity index (χ0v) is 15.7. The van der Waals surface area contributed by atoms with Gasteiger partial charge in [-0.25, -0.2) is 0 Å². The van der Waals surface area contributed by atoms with Crippen LogP contribution in [0.4, 0.5) is 5.00 Å². The van der Waals surface area contributed by atoms with Crippen molar-refractivity contribution in [2.45, 2.75) is 59.0 Å². The molecule has 1 amide bonds. The fourth-order valence-electron chi connectivity index (χ4n) is 3.46. The largest absolute Gasteiger partial charge is 0.372 e. The van der Waals surface area contributed by atoms with Gasteiger partial charge in [0, 0.05) is 36.6 Å². The van der Waals surface area contributed by atoms with E-state index in [2.05, 4.69) is 37.9 Å². The molecule has 1 N–H and O–H groups in total. The number of anilines is 1. The third kappa shape index (κ3) is 3.56. The van der Waals surface area contributed by atoms with E-state index in [9.17, 15) is 4.79 Å². The second kappa shape index (κ2) is 6.44. The van der Waals surface area contributed by atoms with Crippen LogP contribution in [0.3, 0.4) is 0 Å². The van der Waals surface area contributed by atoms with Crippen LogP contribution >= 0.6 is 11.3 Å². The Bertz CT molecular complexity index is 582. The van der Waals surface area contributed by atoms with E-state index in [1.54, 1.807) is 11.3 Å². The Hall–Kier alpha value is -1.07. The number of thiophene rings is 1. The Balaban J connectivity index is 1.97. The Kier molecular flexibility index (Phi) is 4.70. The average Bonchev–Trinajstić information content (AvgIpc) is 3.11. The van der Waals surface area contributed by atoms with Crippen molar-refractivity contribution in [3.63, 3.8) is 0 Å². The van der Waals surface area contributed by atoms with E-state index >= 15 is 0 Å². The molecule has 0 unspecified atom stereocenters.